The molecule has 2 aromatic carbocycles. The molecular weight excluding hydrogens is 376 g/mol. The maximum atomic E-state index is 12.8. The van der Waals surface area contributed by atoms with Crippen LogP contribution in [-0.2, 0) is 0 Å². The number of carbonyl (C=O) groups excluding carboxylic acids is 1. The van der Waals surface area contributed by atoms with Gasteiger partial charge >= 0.3 is 0 Å². The quantitative estimate of drug-likeness (QED) is 0.505. The van der Waals surface area contributed by atoms with E-state index >= 15 is 0 Å². The van der Waals surface area contributed by atoms with E-state index in [4.69, 9.17) is 11.6 Å². The molecular formula is C22H27ClN2OS. The van der Waals surface area contributed by atoms with Gasteiger partial charge in [0.2, 0.25) is 0 Å². The first-order valence-electron chi connectivity index (χ1n) is 9.68. The Morgan fingerprint density at radius 3 is 2.67 bits per heavy atom. The number of hydrogen-bond acceptors (Lipinski definition) is 3. The number of rotatable bonds is 8. The summed E-state index contributed by atoms with van der Waals surface area (Å²) in [7, 11) is 0. The normalized spacial score (nSPS) is 12.8. The standard InChI is InChI=1S/C22H27ClN2OS/c1-4-25(5-2)14-8-9-15(3)24-22(26)21-20(23)19-17-11-7-6-10-16(17)12-13-18(19)27-21/h6-7,10-13,15H,4-5,8-9,14H2,1-3H3,(H,24,26)/t15-/m0/s1. The van der Waals surface area contributed by atoms with Gasteiger partial charge < -0.3 is 10.2 Å². The summed E-state index contributed by atoms with van der Waals surface area (Å²) in [5, 5.41) is 6.92. The van der Waals surface area contributed by atoms with Crippen LogP contribution in [0, 0.1) is 0 Å². The first-order valence-corrected chi connectivity index (χ1v) is 10.9. The number of hydrogen-bond donors (Lipinski definition) is 1. The molecule has 27 heavy (non-hydrogen) atoms. The van der Waals surface area contributed by atoms with Gasteiger partial charge in [-0.15, -0.1) is 11.3 Å². The van der Waals surface area contributed by atoms with Crippen molar-refractivity contribution < 1.29 is 4.79 Å². The number of nitrogens with one attached hydrogen (secondary N) is 1. The minimum Gasteiger partial charge on any atom is -0.349 e. The van der Waals surface area contributed by atoms with Gasteiger partial charge in [-0.2, -0.15) is 0 Å². The Morgan fingerprint density at radius 1 is 1.19 bits per heavy atom. The molecule has 0 fully saturated rings. The summed E-state index contributed by atoms with van der Waals surface area (Å²) in [5.74, 6) is -0.0689. The average Bonchev–Trinajstić information content (AvgIpc) is 3.02. The zero-order chi connectivity index (χ0) is 19.4. The van der Waals surface area contributed by atoms with Crippen LogP contribution in [0.15, 0.2) is 36.4 Å². The maximum Gasteiger partial charge on any atom is 0.263 e. The highest BCUT2D eigenvalue weighted by molar-refractivity contribution is 7.21. The first-order chi connectivity index (χ1) is 13.0. The lowest BCUT2D eigenvalue weighted by Gasteiger charge is -2.19. The van der Waals surface area contributed by atoms with Crippen LogP contribution in [0.1, 0.15) is 43.3 Å². The minimum atomic E-state index is -0.0689. The van der Waals surface area contributed by atoms with E-state index in [2.05, 4.69) is 55.3 Å². The number of benzene rings is 2. The van der Waals surface area contributed by atoms with Crippen LogP contribution in [0.25, 0.3) is 20.9 Å². The van der Waals surface area contributed by atoms with Crippen molar-refractivity contribution in [3.8, 4) is 0 Å². The highest BCUT2D eigenvalue weighted by Gasteiger charge is 2.20. The number of nitrogens with zero attached hydrogens (tertiary/aromatic N) is 1. The smallest absolute Gasteiger partial charge is 0.263 e. The van der Waals surface area contributed by atoms with Crippen molar-refractivity contribution in [2.75, 3.05) is 19.6 Å². The third-order valence-electron chi connectivity index (χ3n) is 5.11. The molecule has 0 aliphatic rings. The van der Waals surface area contributed by atoms with Crippen LogP contribution in [0.4, 0.5) is 0 Å². The largest absolute Gasteiger partial charge is 0.349 e. The molecule has 0 radical (unpaired) electrons. The Hall–Kier alpha value is -1.62. The molecule has 5 heteroatoms. The van der Waals surface area contributed by atoms with E-state index in [1.165, 1.54) is 11.3 Å². The van der Waals surface area contributed by atoms with Crippen LogP contribution < -0.4 is 5.32 Å². The molecule has 1 amide bonds. The molecule has 1 N–H and O–H groups in total. The SMILES string of the molecule is CCN(CC)CCC[C@H](C)NC(=O)c1sc2ccc3ccccc3c2c1Cl. The molecule has 0 bridgehead atoms. The van der Waals surface area contributed by atoms with Crippen LogP contribution >= 0.6 is 22.9 Å². The summed E-state index contributed by atoms with van der Waals surface area (Å²) >= 11 is 8.11. The van der Waals surface area contributed by atoms with Gasteiger partial charge in [-0.3, -0.25) is 4.79 Å². The van der Waals surface area contributed by atoms with Crippen LogP contribution in [-0.4, -0.2) is 36.5 Å². The Bertz CT molecular complexity index is 933. The third-order valence-corrected chi connectivity index (χ3v) is 6.76. The minimum absolute atomic E-state index is 0.0689. The number of fused-ring (bicyclic) bond motifs is 3. The fourth-order valence-corrected chi connectivity index (χ4v) is 4.97. The lowest BCUT2D eigenvalue weighted by Crippen LogP contribution is -2.33. The number of amides is 1. The van der Waals surface area contributed by atoms with Gasteiger partial charge in [-0.25, -0.2) is 0 Å². The van der Waals surface area contributed by atoms with Crippen molar-refractivity contribution in [3.63, 3.8) is 0 Å². The van der Waals surface area contributed by atoms with Crippen molar-refractivity contribution >= 4 is 49.7 Å². The predicted octanol–water partition coefficient (Wildman–Crippen LogP) is 5.95. The van der Waals surface area contributed by atoms with Gasteiger partial charge in [0.15, 0.2) is 0 Å². The Morgan fingerprint density at radius 2 is 1.93 bits per heavy atom. The molecule has 1 atom stereocenters. The molecule has 0 saturated heterocycles. The van der Waals surface area contributed by atoms with E-state index in [-0.39, 0.29) is 11.9 Å². The van der Waals surface area contributed by atoms with E-state index in [0.29, 0.717) is 9.90 Å². The van der Waals surface area contributed by atoms with Crippen molar-refractivity contribution in [2.24, 2.45) is 0 Å². The predicted molar refractivity (Wildman–Crippen MR) is 118 cm³/mol. The molecule has 0 unspecified atom stereocenters. The van der Waals surface area contributed by atoms with Crippen molar-refractivity contribution in [2.45, 2.75) is 39.7 Å². The van der Waals surface area contributed by atoms with Gasteiger partial charge in [0.1, 0.15) is 4.88 Å². The molecule has 3 rings (SSSR count). The summed E-state index contributed by atoms with van der Waals surface area (Å²) in [6.45, 7) is 9.65. The average molecular weight is 403 g/mol. The van der Waals surface area contributed by atoms with Gasteiger partial charge in [-0.05, 0) is 56.2 Å². The molecule has 144 valence electrons. The second-order valence-corrected chi connectivity index (χ2v) is 8.38. The van der Waals surface area contributed by atoms with Crippen molar-refractivity contribution in [1.82, 2.24) is 10.2 Å². The fourth-order valence-electron chi connectivity index (χ4n) is 3.50. The van der Waals surface area contributed by atoms with Crippen LogP contribution in [0.3, 0.4) is 0 Å². The maximum absolute atomic E-state index is 12.8. The zero-order valence-corrected chi connectivity index (χ0v) is 17.8. The first kappa shape index (κ1) is 20.1. The second kappa shape index (κ2) is 9.05. The number of halogens is 1. The van der Waals surface area contributed by atoms with Crippen molar-refractivity contribution in [3.05, 3.63) is 46.3 Å². The monoisotopic (exact) mass is 402 g/mol. The van der Waals surface area contributed by atoms with Gasteiger partial charge in [0, 0.05) is 16.1 Å². The third kappa shape index (κ3) is 4.45. The molecule has 3 nitrogen and oxygen atoms in total. The van der Waals surface area contributed by atoms with Gasteiger partial charge in [0.25, 0.3) is 5.91 Å². The summed E-state index contributed by atoms with van der Waals surface area (Å²) in [6, 6.07) is 12.4. The molecule has 0 spiro atoms. The lowest BCUT2D eigenvalue weighted by molar-refractivity contribution is 0.0941. The molecule has 0 aliphatic heterocycles. The lowest BCUT2D eigenvalue weighted by atomic mass is 10.1. The highest BCUT2D eigenvalue weighted by atomic mass is 35.5. The molecule has 0 aliphatic carbocycles. The summed E-state index contributed by atoms with van der Waals surface area (Å²) in [5.41, 5.74) is 0. The van der Waals surface area contributed by atoms with Crippen molar-refractivity contribution in [1.29, 1.82) is 0 Å². The van der Waals surface area contributed by atoms with E-state index in [1.54, 1.807) is 0 Å². The second-order valence-electron chi connectivity index (χ2n) is 6.95. The molecule has 3 aromatic rings. The van der Waals surface area contributed by atoms with Crippen LogP contribution in [0.2, 0.25) is 5.02 Å². The Kier molecular flexibility index (Phi) is 6.74. The Labute approximate surface area is 170 Å². The topological polar surface area (TPSA) is 32.3 Å². The summed E-state index contributed by atoms with van der Waals surface area (Å²) in [6.07, 6.45) is 2.04. The van der Waals surface area contributed by atoms with E-state index in [9.17, 15) is 4.79 Å². The van der Waals surface area contributed by atoms with Gasteiger partial charge in [0.05, 0.1) is 5.02 Å². The molecule has 1 aromatic heterocycles. The van der Waals surface area contributed by atoms with E-state index in [0.717, 1.165) is 53.3 Å². The molecule has 0 saturated carbocycles. The highest BCUT2D eigenvalue weighted by Crippen LogP contribution is 2.39. The fraction of sp³-hybridized carbons (Fsp3) is 0.409. The zero-order valence-electron chi connectivity index (χ0n) is 16.2. The van der Waals surface area contributed by atoms with Crippen LogP contribution in [0.5, 0.6) is 0 Å². The van der Waals surface area contributed by atoms with E-state index in [1.807, 2.05) is 12.1 Å². The van der Waals surface area contributed by atoms with Gasteiger partial charge in [-0.1, -0.05) is 55.8 Å². The molecule has 1 heterocycles. The number of carbonyl (C=O) groups is 1. The number of thiophene rings is 1. The van der Waals surface area contributed by atoms with E-state index < -0.39 is 0 Å². The summed E-state index contributed by atoms with van der Waals surface area (Å²) in [4.78, 5) is 15.8. The Balaban J connectivity index is 1.72. The summed E-state index contributed by atoms with van der Waals surface area (Å²) < 4.78 is 1.05.